The smallest absolute Gasteiger partial charge is 0.221 e. The van der Waals surface area contributed by atoms with Gasteiger partial charge in [0.15, 0.2) is 5.69 Å². The molecule has 0 saturated carbocycles. The Labute approximate surface area is 151 Å². The van der Waals surface area contributed by atoms with Crippen LogP contribution < -0.4 is 10.5 Å². The van der Waals surface area contributed by atoms with Crippen LogP contribution in [0.1, 0.15) is 0 Å². The maximum Gasteiger partial charge on any atom is 0.221 e. The molecule has 25 heavy (non-hydrogen) atoms. The van der Waals surface area contributed by atoms with E-state index in [9.17, 15) is 5.11 Å². The third kappa shape index (κ3) is 3.73. The molecule has 0 atom stereocenters. The minimum absolute atomic E-state index is 0.0437. The van der Waals surface area contributed by atoms with Crippen LogP contribution in [0.5, 0.6) is 11.6 Å². The van der Waals surface area contributed by atoms with Gasteiger partial charge in [0.05, 0.1) is 19.3 Å². The molecule has 1 aromatic heterocycles. The molecular formula is C16H22N6O2S. The van der Waals surface area contributed by atoms with Gasteiger partial charge in [-0.3, -0.25) is 9.47 Å². The summed E-state index contributed by atoms with van der Waals surface area (Å²) in [5, 5.41) is 19.2. The van der Waals surface area contributed by atoms with Gasteiger partial charge in [-0.2, -0.15) is 0 Å². The number of hydrogen-bond acceptors (Lipinski definition) is 6. The first kappa shape index (κ1) is 17.6. The van der Waals surface area contributed by atoms with Crippen molar-refractivity contribution >= 4 is 33.9 Å². The Morgan fingerprint density at radius 1 is 1.32 bits per heavy atom. The SMILES string of the molecule is COc1ccc2c(c1)c(N=NC(N)=S)c(O)n2CN1CCN(C)CC1. The first-order valence-corrected chi connectivity index (χ1v) is 8.41. The molecule has 0 aliphatic carbocycles. The van der Waals surface area contributed by atoms with E-state index < -0.39 is 0 Å². The van der Waals surface area contributed by atoms with Crippen LogP contribution in [0.25, 0.3) is 10.9 Å². The summed E-state index contributed by atoms with van der Waals surface area (Å²) in [6, 6.07) is 5.59. The second-order valence-electron chi connectivity index (χ2n) is 6.08. The number of nitrogens with two attached hydrogens (primary N) is 1. The standard InChI is InChI=1S/C16H22N6O2S/c1-20-5-7-21(8-6-20)10-22-13-4-3-11(24-2)9-12(13)14(15(22)23)18-19-16(17)25/h3-4,9,23H,5-8,10H2,1-2H3,(H2,17,25). The summed E-state index contributed by atoms with van der Waals surface area (Å²) >= 11 is 4.75. The Morgan fingerprint density at radius 2 is 2.04 bits per heavy atom. The lowest BCUT2D eigenvalue weighted by molar-refractivity contribution is 0.123. The molecule has 0 amide bonds. The van der Waals surface area contributed by atoms with Crippen molar-refractivity contribution < 1.29 is 9.84 Å². The second-order valence-corrected chi connectivity index (χ2v) is 6.50. The number of thiocarbonyl (C=S) groups is 1. The van der Waals surface area contributed by atoms with Crippen molar-refractivity contribution in [2.75, 3.05) is 40.3 Å². The van der Waals surface area contributed by atoms with Crippen LogP contribution in [0.15, 0.2) is 28.4 Å². The molecule has 1 saturated heterocycles. The number of benzene rings is 1. The molecule has 3 N–H and O–H groups in total. The van der Waals surface area contributed by atoms with Crippen LogP contribution in [-0.2, 0) is 6.67 Å². The molecule has 134 valence electrons. The lowest BCUT2D eigenvalue weighted by Gasteiger charge is -2.32. The van der Waals surface area contributed by atoms with Gasteiger partial charge in [0.2, 0.25) is 11.0 Å². The van der Waals surface area contributed by atoms with E-state index in [0.29, 0.717) is 18.1 Å². The van der Waals surface area contributed by atoms with Crippen LogP contribution in [0.3, 0.4) is 0 Å². The normalized spacial score (nSPS) is 16.7. The molecule has 1 fully saturated rings. The highest BCUT2D eigenvalue weighted by atomic mass is 32.1. The van der Waals surface area contributed by atoms with Crippen molar-refractivity contribution in [3.05, 3.63) is 18.2 Å². The zero-order valence-electron chi connectivity index (χ0n) is 14.3. The second kappa shape index (κ2) is 7.34. The Morgan fingerprint density at radius 3 is 2.68 bits per heavy atom. The monoisotopic (exact) mass is 362 g/mol. The maximum atomic E-state index is 10.7. The number of ether oxygens (including phenoxy) is 1. The highest BCUT2D eigenvalue weighted by molar-refractivity contribution is 7.80. The van der Waals surface area contributed by atoms with Crippen LogP contribution in [0, 0.1) is 0 Å². The predicted octanol–water partition coefficient (Wildman–Crippen LogP) is 1.89. The van der Waals surface area contributed by atoms with Crippen molar-refractivity contribution in [1.82, 2.24) is 14.4 Å². The lowest BCUT2D eigenvalue weighted by atomic mass is 10.2. The van der Waals surface area contributed by atoms with Gasteiger partial charge in [0.1, 0.15) is 5.75 Å². The average Bonchev–Trinajstić information content (AvgIpc) is 2.86. The first-order valence-electron chi connectivity index (χ1n) is 8.01. The minimum Gasteiger partial charge on any atom is -0.497 e. The Bertz CT molecular complexity index is 811. The number of methoxy groups -OCH3 is 1. The molecule has 2 aromatic rings. The van der Waals surface area contributed by atoms with Crippen LogP contribution in [0.2, 0.25) is 0 Å². The molecule has 0 unspecified atom stereocenters. The minimum atomic E-state index is -0.0812. The van der Waals surface area contributed by atoms with Crippen LogP contribution >= 0.6 is 12.2 Å². The van der Waals surface area contributed by atoms with Gasteiger partial charge in [-0.25, -0.2) is 0 Å². The van der Waals surface area contributed by atoms with Gasteiger partial charge in [-0.15, -0.1) is 10.2 Å². The summed E-state index contributed by atoms with van der Waals surface area (Å²) in [5.74, 6) is 0.721. The Hall–Kier alpha value is -2.23. The van der Waals surface area contributed by atoms with E-state index in [4.69, 9.17) is 22.7 Å². The highest BCUT2D eigenvalue weighted by Crippen LogP contribution is 2.40. The van der Waals surface area contributed by atoms with Crippen molar-refractivity contribution in [2.45, 2.75) is 6.67 Å². The van der Waals surface area contributed by atoms with Crippen molar-refractivity contribution in [1.29, 1.82) is 0 Å². The third-order valence-corrected chi connectivity index (χ3v) is 4.48. The van der Waals surface area contributed by atoms with E-state index in [-0.39, 0.29) is 11.0 Å². The van der Waals surface area contributed by atoms with Crippen LogP contribution in [0.4, 0.5) is 5.69 Å². The number of fused-ring (bicyclic) bond motifs is 1. The summed E-state index contributed by atoms with van der Waals surface area (Å²) in [7, 11) is 3.71. The number of hydrogen-bond donors (Lipinski definition) is 2. The molecular weight excluding hydrogens is 340 g/mol. The van der Waals surface area contributed by atoms with Gasteiger partial charge in [0.25, 0.3) is 0 Å². The highest BCUT2D eigenvalue weighted by Gasteiger charge is 2.21. The molecule has 0 spiro atoms. The summed E-state index contributed by atoms with van der Waals surface area (Å²) in [6.07, 6.45) is 0. The molecule has 0 radical (unpaired) electrons. The van der Waals surface area contributed by atoms with E-state index >= 15 is 0 Å². The van der Waals surface area contributed by atoms with E-state index in [2.05, 4.69) is 27.1 Å². The number of nitrogens with zero attached hydrogens (tertiary/aromatic N) is 5. The number of likely N-dealkylation sites (N-methyl/N-ethyl adjacent to an activating group) is 1. The maximum absolute atomic E-state index is 10.7. The van der Waals surface area contributed by atoms with E-state index in [1.807, 2.05) is 22.8 Å². The summed E-state index contributed by atoms with van der Waals surface area (Å²) in [5.41, 5.74) is 6.60. The number of azo groups is 1. The summed E-state index contributed by atoms with van der Waals surface area (Å²) in [4.78, 5) is 4.58. The number of aromatic nitrogens is 1. The van der Waals surface area contributed by atoms with Crippen molar-refractivity contribution in [3.63, 3.8) is 0 Å². The molecule has 1 aliphatic heterocycles. The topological polar surface area (TPSA) is 91.6 Å². The number of aromatic hydroxyl groups is 1. The fourth-order valence-electron chi connectivity index (χ4n) is 2.96. The fraction of sp³-hybridized carbons (Fsp3) is 0.438. The zero-order chi connectivity index (χ0) is 18.0. The summed E-state index contributed by atoms with van der Waals surface area (Å²) in [6.45, 7) is 4.46. The fourth-order valence-corrected chi connectivity index (χ4v) is 3.00. The largest absolute Gasteiger partial charge is 0.497 e. The van der Waals surface area contributed by atoms with Gasteiger partial charge in [-0.05, 0) is 37.5 Å². The van der Waals surface area contributed by atoms with Crippen LogP contribution in [-0.4, -0.2) is 64.9 Å². The number of piperazine rings is 1. The molecule has 2 heterocycles. The quantitative estimate of drug-likeness (QED) is 0.637. The van der Waals surface area contributed by atoms with Gasteiger partial charge >= 0.3 is 0 Å². The molecule has 1 aromatic carbocycles. The molecule has 3 rings (SSSR count). The lowest BCUT2D eigenvalue weighted by Crippen LogP contribution is -2.44. The van der Waals surface area contributed by atoms with E-state index in [0.717, 1.165) is 37.1 Å². The van der Waals surface area contributed by atoms with E-state index in [1.54, 1.807) is 7.11 Å². The van der Waals surface area contributed by atoms with Gasteiger partial charge in [-0.1, -0.05) is 0 Å². The average molecular weight is 362 g/mol. The Kier molecular flexibility index (Phi) is 5.16. The Balaban J connectivity index is 2.02. The number of rotatable bonds is 4. The van der Waals surface area contributed by atoms with Crippen molar-refractivity contribution in [3.8, 4) is 11.6 Å². The zero-order valence-corrected chi connectivity index (χ0v) is 15.2. The van der Waals surface area contributed by atoms with Gasteiger partial charge in [0, 0.05) is 31.6 Å². The predicted molar refractivity (Wildman–Crippen MR) is 101 cm³/mol. The van der Waals surface area contributed by atoms with Gasteiger partial charge < -0.3 is 20.5 Å². The summed E-state index contributed by atoms with van der Waals surface area (Å²) < 4.78 is 7.11. The van der Waals surface area contributed by atoms with E-state index in [1.165, 1.54) is 0 Å². The molecule has 8 nitrogen and oxygen atoms in total. The first-order chi connectivity index (χ1) is 12.0. The third-order valence-electron chi connectivity index (χ3n) is 4.40. The molecule has 9 heteroatoms. The molecule has 1 aliphatic rings. The van der Waals surface area contributed by atoms with Crippen molar-refractivity contribution in [2.24, 2.45) is 16.0 Å². The molecule has 0 bridgehead atoms.